The van der Waals surface area contributed by atoms with E-state index in [1.165, 1.54) is 0 Å². The summed E-state index contributed by atoms with van der Waals surface area (Å²) in [5, 5.41) is 0. The minimum Gasteiger partial charge on any atom is -0.412 e. The zero-order valence-electron chi connectivity index (χ0n) is 4.47. The average molecular weight is 170 g/mol. The van der Waals surface area contributed by atoms with Crippen molar-refractivity contribution in [3.05, 3.63) is 0 Å². The normalized spacial score (nSPS) is 12.6. The third-order valence-corrected chi connectivity index (χ3v) is 0.583. The van der Waals surface area contributed by atoms with Crippen molar-refractivity contribution in [2.45, 2.75) is 12.1 Å². The van der Waals surface area contributed by atoms with Crippen LogP contribution < -0.4 is 0 Å². The van der Waals surface area contributed by atoms with Gasteiger partial charge in [0, 0.05) is 0 Å². The van der Waals surface area contributed by atoms with Gasteiger partial charge in [-0.15, -0.1) is 0 Å². The molecule has 0 aliphatic heterocycles. The van der Waals surface area contributed by atoms with Crippen LogP contribution in [-0.4, -0.2) is 24.2 Å². The van der Waals surface area contributed by atoms with E-state index in [4.69, 9.17) is 0 Å². The maximum Gasteiger partial charge on any atom is 0.456 e. The molecule has 0 aliphatic carbocycles. The number of hydrogen-bond donors (Lipinski definition) is 0. The second-order valence-electron chi connectivity index (χ2n) is 1.34. The van der Waals surface area contributed by atoms with Gasteiger partial charge >= 0.3 is 12.1 Å². The minimum absolute atomic E-state index is 0. The highest BCUT2D eigenvalue weighted by atomic mass is 19.4. The van der Waals surface area contributed by atoms with Crippen LogP contribution in [0.3, 0.4) is 0 Å². The highest BCUT2D eigenvalue weighted by Gasteiger charge is 2.57. The molecular formula is C3H4F6O. The van der Waals surface area contributed by atoms with E-state index in [1.807, 2.05) is 0 Å². The Hall–Kier alpha value is -0.460. The van der Waals surface area contributed by atoms with Gasteiger partial charge < -0.3 is 5.48 Å². The first-order valence-corrected chi connectivity index (χ1v) is 1.82. The number of hydrogen-bond acceptors (Lipinski definition) is 0. The summed E-state index contributed by atoms with van der Waals surface area (Å²) >= 11 is 0. The first-order chi connectivity index (χ1) is 3.81. The van der Waals surface area contributed by atoms with Crippen LogP contribution in [-0.2, 0) is 0 Å². The molecule has 0 heterocycles. The lowest BCUT2D eigenvalue weighted by Crippen LogP contribution is -2.38. The SMILES string of the molecule is FCC(F)(F)C(F)(F)F.O. The lowest BCUT2D eigenvalue weighted by Gasteiger charge is -2.14. The molecule has 0 aromatic heterocycles. The molecule has 0 unspecified atom stereocenters. The summed E-state index contributed by atoms with van der Waals surface area (Å²) in [5.41, 5.74) is 0. The summed E-state index contributed by atoms with van der Waals surface area (Å²) < 4.78 is 65.6. The number of alkyl halides is 6. The first-order valence-electron chi connectivity index (χ1n) is 1.82. The molecule has 0 fully saturated rings. The van der Waals surface area contributed by atoms with Crippen molar-refractivity contribution in [2.75, 3.05) is 6.67 Å². The van der Waals surface area contributed by atoms with Crippen molar-refractivity contribution in [1.82, 2.24) is 0 Å². The smallest absolute Gasteiger partial charge is 0.412 e. The molecule has 0 bridgehead atoms. The van der Waals surface area contributed by atoms with Crippen molar-refractivity contribution in [3.63, 3.8) is 0 Å². The van der Waals surface area contributed by atoms with Gasteiger partial charge in [-0.25, -0.2) is 4.39 Å². The van der Waals surface area contributed by atoms with Gasteiger partial charge in [-0.1, -0.05) is 0 Å². The average Bonchev–Trinajstić information content (AvgIpc) is 1.64. The highest BCUT2D eigenvalue weighted by molar-refractivity contribution is 4.73. The van der Waals surface area contributed by atoms with Gasteiger partial charge in [-0.3, -0.25) is 0 Å². The highest BCUT2D eigenvalue weighted by Crippen LogP contribution is 2.35. The van der Waals surface area contributed by atoms with Gasteiger partial charge in [-0.05, 0) is 0 Å². The molecule has 7 heteroatoms. The summed E-state index contributed by atoms with van der Waals surface area (Å²) in [7, 11) is 0. The zero-order valence-corrected chi connectivity index (χ0v) is 4.47. The molecule has 0 radical (unpaired) electrons. The number of rotatable bonds is 1. The zero-order chi connectivity index (χ0) is 7.71. The lowest BCUT2D eigenvalue weighted by atomic mass is 10.4. The van der Waals surface area contributed by atoms with Crippen molar-refractivity contribution in [1.29, 1.82) is 0 Å². The number of halogens is 6. The van der Waals surface area contributed by atoms with E-state index >= 15 is 0 Å². The van der Waals surface area contributed by atoms with E-state index in [2.05, 4.69) is 0 Å². The van der Waals surface area contributed by atoms with E-state index in [0.717, 1.165) is 0 Å². The molecule has 0 saturated carbocycles. The third-order valence-electron chi connectivity index (χ3n) is 0.583. The molecule has 0 atom stereocenters. The predicted octanol–water partition coefficient (Wildman–Crippen LogP) is 1.33. The first kappa shape index (κ1) is 12.2. The van der Waals surface area contributed by atoms with Crippen LogP contribution in [0.15, 0.2) is 0 Å². The molecule has 0 rings (SSSR count). The molecular weight excluding hydrogens is 166 g/mol. The Kier molecular flexibility index (Phi) is 3.78. The summed E-state index contributed by atoms with van der Waals surface area (Å²) in [6, 6.07) is 0. The molecule has 10 heavy (non-hydrogen) atoms. The fourth-order valence-electron chi connectivity index (χ4n) is 0.0758. The molecule has 64 valence electrons. The largest absolute Gasteiger partial charge is 0.456 e. The molecule has 0 aromatic carbocycles. The van der Waals surface area contributed by atoms with Crippen LogP contribution in [0.5, 0.6) is 0 Å². The van der Waals surface area contributed by atoms with Crippen LogP contribution in [0, 0.1) is 0 Å². The Bertz CT molecular complexity index is 95.7. The van der Waals surface area contributed by atoms with Crippen molar-refractivity contribution >= 4 is 0 Å². The Morgan fingerprint density at radius 2 is 1.20 bits per heavy atom. The van der Waals surface area contributed by atoms with Crippen molar-refractivity contribution < 1.29 is 31.8 Å². The maximum absolute atomic E-state index is 11.2. The van der Waals surface area contributed by atoms with Gasteiger partial charge in [0.2, 0.25) is 0 Å². The molecule has 0 amide bonds. The summed E-state index contributed by atoms with van der Waals surface area (Å²) in [5.74, 6) is -5.19. The summed E-state index contributed by atoms with van der Waals surface area (Å²) in [6.07, 6.45) is -5.76. The molecule has 0 aromatic rings. The second-order valence-corrected chi connectivity index (χ2v) is 1.34. The van der Waals surface area contributed by atoms with Gasteiger partial charge in [0.15, 0.2) is 6.67 Å². The topological polar surface area (TPSA) is 31.5 Å². The van der Waals surface area contributed by atoms with Crippen LogP contribution in [0.25, 0.3) is 0 Å². The van der Waals surface area contributed by atoms with Crippen LogP contribution >= 0.6 is 0 Å². The van der Waals surface area contributed by atoms with Crippen LogP contribution in [0.1, 0.15) is 0 Å². The second kappa shape index (κ2) is 3.09. The molecule has 0 saturated heterocycles. The molecule has 0 aliphatic rings. The van der Waals surface area contributed by atoms with E-state index < -0.39 is 18.8 Å². The van der Waals surface area contributed by atoms with Gasteiger partial charge in [-0.2, -0.15) is 22.0 Å². The standard InChI is InChI=1S/C3H2F6.H2O/c4-1-2(5,6)3(7,8)9;/h1H2;1H2. The minimum atomic E-state index is -5.76. The van der Waals surface area contributed by atoms with E-state index in [0.29, 0.717) is 0 Å². The Morgan fingerprint density at radius 3 is 1.20 bits per heavy atom. The molecule has 1 nitrogen and oxygen atoms in total. The van der Waals surface area contributed by atoms with Crippen LogP contribution in [0.2, 0.25) is 0 Å². The van der Waals surface area contributed by atoms with E-state index in [-0.39, 0.29) is 5.48 Å². The third kappa shape index (κ3) is 2.42. The predicted molar refractivity (Wildman–Crippen MR) is 20.6 cm³/mol. The quantitative estimate of drug-likeness (QED) is 0.531. The summed E-state index contributed by atoms with van der Waals surface area (Å²) in [6.45, 7) is -2.70. The summed E-state index contributed by atoms with van der Waals surface area (Å²) in [4.78, 5) is 0. The van der Waals surface area contributed by atoms with Gasteiger partial charge in [0.05, 0.1) is 0 Å². The Morgan fingerprint density at radius 1 is 0.900 bits per heavy atom. The van der Waals surface area contributed by atoms with Gasteiger partial charge in [0.1, 0.15) is 0 Å². The fourth-order valence-corrected chi connectivity index (χ4v) is 0.0758. The van der Waals surface area contributed by atoms with Crippen molar-refractivity contribution in [2.24, 2.45) is 0 Å². The van der Waals surface area contributed by atoms with E-state index in [9.17, 15) is 26.3 Å². The van der Waals surface area contributed by atoms with Crippen molar-refractivity contribution in [3.8, 4) is 0 Å². The lowest BCUT2D eigenvalue weighted by molar-refractivity contribution is -0.286. The molecule has 2 N–H and O–H groups in total. The van der Waals surface area contributed by atoms with Crippen LogP contribution in [0.4, 0.5) is 26.3 Å². The van der Waals surface area contributed by atoms with E-state index in [1.54, 1.807) is 0 Å². The monoisotopic (exact) mass is 170 g/mol. The maximum atomic E-state index is 11.2. The Labute approximate surface area is 51.9 Å². The fraction of sp³-hybridized carbons (Fsp3) is 1.00. The van der Waals surface area contributed by atoms with Gasteiger partial charge in [0.25, 0.3) is 0 Å². The Balaban J connectivity index is 0. The molecule has 0 spiro atoms.